The lowest BCUT2D eigenvalue weighted by atomic mass is 9.54. The van der Waals surface area contributed by atoms with Crippen molar-refractivity contribution in [3.63, 3.8) is 0 Å². The zero-order valence-electron chi connectivity index (χ0n) is 11.9. The molecule has 0 bridgehead atoms. The van der Waals surface area contributed by atoms with Crippen molar-refractivity contribution in [2.24, 2.45) is 17.3 Å². The van der Waals surface area contributed by atoms with Crippen molar-refractivity contribution in [1.82, 2.24) is 0 Å². The quantitative estimate of drug-likeness (QED) is 0.690. The lowest BCUT2D eigenvalue weighted by Crippen LogP contribution is -2.51. The third-order valence-electron chi connectivity index (χ3n) is 6.27. The van der Waals surface area contributed by atoms with E-state index in [0.717, 1.165) is 18.8 Å². The maximum atomic E-state index is 11.4. The summed E-state index contributed by atoms with van der Waals surface area (Å²) in [5.74, 6) is 1.26. The van der Waals surface area contributed by atoms with Crippen LogP contribution in [0.4, 0.5) is 0 Å². The molecular weight excluding hydrogens is 232 g/mol. The molecule has 0 heterocycles. The van der Waals surface area contributed by atoms with E-state index in [-0.39, 0.29) is 5.41 Å². The van der Waals surface area contributed by atoms with E-state index in [4.69, 9.17) is 0 Å². The summed E-state index contributed by atoms with van der Waals surface area (Å²) in [6, 6.07) is 0. The van der Waals surface area contributed by atoms with Gasteiger partial charge >= 0.3 is 0 Å². The molecule has 1 N–H and O–H groups in total. The molecule has 4 atom stereocenters. The monoisotopic (exact) mass is 256 g/mol. The van der Waals surface area contributed by atoms with Gasteiger partial charge in [0.2, 0.25) is 0 Å². The number of fused-ring (bicyclic) bond motifs is 5. The Labute approximate surface area is 116 Å². The third-order valence-corrected chi connectivity index (χ3v) is 6.27. The lowest BCUT2D eigenvalue weighted by Gasteiger charge is -2.53. The molecule has 0 aromatic rings. The zero-order valence-corrected chi connectivity index (χ0v) is 11.9. The fourth-order valence-corrected chi connectivity index (χ4v) is 5.13. The van der Waals surface area contributed by atoms with Crippen molar-refractivity contribution in [3.05, 3.63) is 35.5 Å². The molecule has 4 rings (SSSR count). The minimum absolute atomic E-state index is 0.194. The highest BCUT2D eigenvalue weighted by molar-refractivity contribution is 5.53. The predicted octanol–water partition coefficient (Wildman–Crippen LogP) is 4.15. The van der Waals surface area contributed by atoms with Crippen LogP contribution in [-0.4, -0.2) is 10.7 Å². The van der Waals surface area contributed by atoms with Crippen LogP contribution in [0.2, 0.25) is 0 Å². The van der Waals surface area contributed by atoms with Crippen LogP contribution < -0.4 is 0 Å². The van der Waals surface area contributed by atoms with E-state index in [1.54, 1.807) is 0 Å². The van der Waals surface area contributed by atoms with E-state index in [1.807, 2.05) is 0 Å². The van der Waals surface area contributed by atoms with Gasteiger partial charge in [0.15, 0.2) is 0 Å². The van der Waals surface area contributed by atoms with Crippen LogP contribution in [0.1, 0.15) is 51.9 Å². The standard InChI is InChI=1S/C18H24O/c1-17-10-4-7-15(17)16-9-8-13-5-2-3-6-14(13)18(16,19)12-11-17/h4,7,9-10,13-14,19H,2-3,5-6,8,11-12H2,1H3/t13?,14-,17-,18-/m0/s1. The molecule has 0 spiro atoms. The first-order chi connectivity index (χ1) is 9.13. The number of allylic oxidation sites excluding steroid dienone is 4. The van der Waals surface area contributed by atoms with Gasteiger partial charge in [0, 0.05) is 5.41 Å². The van der Waals surface area contributed by atoms with Crippen LogP contribution in [0.3, 0.4) is 0 Å². The van der Waals surface area contributed by atoms with E-state index >= 15 is 0 Å². The summed E-state index contributed by atoms with van der Waals surface area (Å²) in [5, 5.41) is 11.4. The SMILES string of the molecule is C[C@@]12C=CC=C1C1=CCC3CCCC[C@@H]3[C@@]1(O)CC2. The molecule has 0 aliphatic heterocycles. The van der Waals surface area contributed by atoms with Gasteiger partial charge in [0.25, 0.3) is 0 Å². The Morgan fingerprint density at radius 3 is 2.89 bits per heavy atom. The van der Waals surface area contributed by atoms with Gasteiger partial charge in [-0.25, -0.2) is 0 Å². The predicted molar refractivity (Wildman–Crippen MR) is 77.7 cm³/mol. The summed E-state index contributed by atoms with van der Waals surface area (Å²) in [6.45, 7) is 2.33. The van der Waals surface area contributed by atoms with Crippen LogP contribution in [0.25, 0.3) is 0 Å². The second-order valence-corrected chi connectivity index (χ2v) is 7.29. The molecule has 0 radical (unpaired) electrons. The molecule has 4 aliphatic carbocycles. The first-order valence-corrected chi connectivity index (χ1v) is 7.97. The highest BCUT2D eigenvalue weighted by Crippen LogP contribution is 2.58. The molecule has 1 nitrogen and oxygen atoms in total. The number of rotatable bonds is 0. The average Bonchev–Trinajstić information content (AvgIpc) is 2.81. The highest BCUT2D eigenvalue weighted by Gasteiger charge is 2.53. The highest BCUT2D eigenvalue weighted by atomic mass is 16.3. The van der Waals surface area contributed by atoms with E-state index in [2.05, 4.69) is 31.2 Å². The topological polar surface area (TPSA) is 20.2 Å². The summed E-state index contributed by atoms with van der Waals surface area (Å²) >= 11 is 0. The average molecular weight is 256 g/mol. The Morgan fingerprint density at radius 2 is 2.00 bits per heavy atom. The fourth-order valence-electron chi connectivity index (χ4n) is 5.13. The van der Waals surface area contributed by atoms with Crippen LogP contribution in [0.5, 0.6) is 0 Å². The van der Waals surface area contributed by atoms with Crippen LogP contribution in [0, 0.1) is 17.3 Å². The van der Waals surface area contributed by atoms with Crippen LogP contribution in [-0.2, 0) is 0 Å². The smallest absolute Gasteiger partial charge is 0.0927 e. The van der Waals surface area contributed by atoms with Crippen molar-refractivity contribution in [2.45, 2.75) is 57.5 Å². The Bertz CT molecular complexity index is 498. The van der Waals surface area contributed by atoms with E-state index in [1.165, 1.54) is 43.3 Å². The summed E-state index contributed by atoms with van der Waals surface area (Å²) in [4.78, 5) is 0. The Hall–Kier alpha value is -0.820. The van der Waals surface area contributed by atoms with Gasteiger partial charge in [-0.3, -0.25) is 0 Å². The summed E-state index contributed by atoms with van der Waals surface area (Å²) in [7, 11) is 0. The van der Waals surface area contributed by atoms with Crippen molar-refractivity contribution >= 4 is 0 Å². The largest absolute Gasteiger partial charge is 0.385 e. The Kier molecular flexibility index (Phi) is 2.42. The number of aliphatic hydroxyl groups is 1. The van der Waals surface area contributed by atoms with Gasteiger partial charge in [0.1, 0.15) is 0 Å². The molecule has 19 heavy (non-hydrogen) atoms. The van der Waals surface area contributed by atoms with Crippen molar-refractivity contribution in [1.29, 1.82) is 0 Å². The lowest BCUT2D eigenvalue weighted by molar-refractivity contribution is -0.0532. The van der Waals surface area contributed by atoms with Gasteiger partial charge in [-0.2, -0.15) is 0 Å². The molecule has 4 aliphatic rings. The van der Waals surface area contributed by atoms with E-state index in [9.17, 15) is 5.11 Å². The first kappa shape index (κ1) is 12.0. The van der Waals surface area contributed by atoms with E-state index in [0.29, 0.717) is 5.92 Å². The maximum Gasteiger partial charge on any atom is 0.0927 e. The van der Waals surface area contributed by atoms with Crippen LogP contribution in [0.15, 0.2) is 35.5 Å². The summed E-state index contributed by atoms with van der Waals surface area (Å²) < 4.78 is 0. The van der Waals surface area contributed by atoms with Crippen LogP contribution >= 0.6 is 0 Å². The van der Waals surface area contributed by atoms with Gasteiger partial charge in [-0.15, -0.1) is 0 Å². The zero-order chi connectivity index (χ0) is 13.1. The molecule has 2 fully saturated rings. The van der Waals surface area contributed by atoms with Gasteiger partial charge in [0.05, 0.1) is 5.60 Å². The first-order valence-electron chi connectivity index (χ1n) is 7.97. The summed E-state index contributed by atoms with van der Waals surface area (Å²) in [6.07, 6.45) is 17.6. The van der Waals surface area contributed by atoms with Crippen molar-refractivity contribution < 1.29 is 5.11 Å². The second-order valence-electron chi connectivity index (χ2n) is 7.29. The van der Waals surface area contributed by atoms with Crippen molar-refractivity contribution in [2.75, 3.05) is 0 Å². The second kappa shape index (κ2) is 3.85. The molecule has 2 saturated carbocycles. The number of hydrogen-bond acceptors (Lipinski definition) is 1. The molecular formula is C18H24O. The number of hydrogen-bond donors (Lipinski definition) is 1. The molecule has 102 valence electrons. The minimum Gasteiger partial charge on any atom is -0.385 e. The molecule has 1 heteroatoms. The Balaban J connectivity index is 1.78. The maximum absolute atomic E-state index is 11.4. The molecule has 0 saturated heterocycles. The normalized spacial score (nSPS) is 47.9. The molecule has 0 aromatic heterocycles. The van der Waals surface area contributed by atoms with E-state index < -0.39 is 5.60 Å². The molecule has 0 aromatic carbocycles. The van der Waals surface area contributed by atoms with Crippen molar-refractivity contribution in [3.8, 4) is 0 Å². The minimum atomic E-state index is -0.513. The summed E-state index contributed by atoms with van der Waals surface area (Å²) in [5.41, 5.74) is 2.37. The third kappa shape index (κ3) is 1.51. The molecule has 1 unspecified atom stereocenters. The van der Waals surface area contributed by atoms with Gasteiger partial charge in [-0.1, -0.05) is 44.1 Å². The fraction of sp³-hybridized carbons (Fsp3) is 0.667. The van der Waals surface area contributed by atoms with Gasteiger partial charge in [-0.05, 0) is 55.1 Å². The van der Waals surface area contributed by atoms with Gasteiger partial charge < -0.3 is 5.11 Å². The Morgan fingerprint density at radius 1 is 1.16 bits per heavy atom. The molecule has 0 amide bonds.